The van der Waals surface area contributed by atoms with Crippen LogP contribution in [0.25, 0.3) is 11.1 Å². The number of rotatable bonds is 8. The van der Waals surface area contributed by atoms with Crippen LogP contribution in [-0.2, 0) is 6.42 Å². The number of hydrogen-bond donors (Lipinski definition) is 0. The van der Waals surface area contributed by atoms with E-state index in [0.29, 0.717) is 42.4 Å². The molecule has 0 heterocycles. The minimum absolute atomic E-state index is 0.0926. The molecule has 2 aromatic carbocycles. The van der Waals surface area contributed by atoms with Crippen molar-refractivity contribution in [1.29, 1.82) is 0 Å². The molecule has 2 aliphatic carbocycles. The normalized spacial score (nSPS) is 22.9. The quantitative estimate of drug-likeness (QED) is 0.327. The minimum Gasteiger partial charge on any atom is -0.208 e. The molecule has 0 aromatic heterocycles. The standard InChI is InChI=1S/C31H36F4/c1-3-5-20-6-11-23(12-7-20)26-18-19-27(31(35)30(26)34)24-13-8-21(9-14-24)10-15-25-17-16-22(4-2)28(32)29(25)33/h8-9,13-14,17-20,22-23H,3-7,10-12,15-16H2,1-2H3/t20?,22-,23?/m0/s1. The van der Waals surface area contributed by atoms with Crippen LogP contribution in [0.1, 0.15) is 88.7 Å². The van der Waals surface area contributed by atoms with Gasteiger partial charge in [-0.05, 0) is 85.5 Å². The van der Waals surface area contributed by atoms with E-state index in [1.807, 2.05) is 19.1 Å². The zero-order valence-electron chi connectivity index (χ0n) is 20.9. The van der Waals surface area contributed by atoms with E-state index in [-0.39, 0.29) is 17.4 Å². The summed E-state index contributed by atoms with van der Waals surface area (Å²) in [4.78, 5) is 0. The van der Waals surface area contributed by atoms with Gasteiger partial charge in [0.2, 0.25) is 0 Å². The Hall–Kier alpha value is -2.36. The summed E-state index contributed by atoms with van der Waals surface area (Å²) in [5.74, 6) is -2.38. The highest BCUT2D eigenvalue weighted by Crippen LogP contribution is 2.40. The first kappa shape index (κ1) is 25.7. The second-order valence-corrected chi connectivity index (χ2v) is 10.3. The van der Waals surface area contributed by atoms with Gasteiger partial charge in [-0.1, -0.05) is 69.2 Å². The highest BCUT2D eigenvalue weighted by atomic mass is 19.2. The molecule has 0 unspecified atom stereocenters. The fourth-order valence-electron chi connectivity index (χ4n) is 5.77. The van der Waals surface area contributed by atoms with Gasteiger partial charge in [-0.3, -0.25) is 0 Å². The van der Waals surface area contributed by atoms with E-state index in [0.717, 1.165) is 37.2 Å². The molecule has 0 saturated heterocycles. The first-order valence-electron chi connectivity index (χ1n) is 13.2. The Bertz CT molecular complexity index is 1070. The fraction of sp³-hybridized carbons (Fsp3) is 0.484. The maximum Gasteiger partial charge on any atom is 0.166 e. The predicted octanol–water partition coefficient (Wildman–Crippen LogP) is 10.1. The van der Waals surface area contributed by atoms with Crippen LogP contribution in [0.3, 0.4) is 0 Å². The molecule has 35 heavy (non-hydrogen) atoms. The molecular weight excluding hydrogens is 448 g/mol. The molecule has 1 atom stereocenters. The van der Waals surface area contributed by atoms with Crippen LogP contribution in [0.2, 0.25) is 0 Å². The van der Waals surface area contributed by atoms with Gasteiger partial charge in [0.05, 0.1) is 0 Å². The topological polar surface area (TPSA) is 0 Å². The van der Waals surface area contributed by atoms with Crippen molar-refractivity contribution < 1.29 is 17.6 Å². The Morgan fingerprint density at radius 2 is 1.51 bits per heavy atom. The van der Waals surface area contributed by atoms with Crippen molar-refractivity contribution in [2.75, 3.05) is 0 Å². The van der Waals surface area contributed by atoms with Crippen molar-refractivity contribution in [3.05, 3.63) is 82.5 Å². The van der Waals surface area contributed by atoms with Gasteiger partial charge in [0, 0.05) is 11.5 Å². The van der Waals surface area contributed by atoms with Crippen LogP contribution in [0.5, 0.6) is 0 Å². The Morgan fingerprint density at radius 3 is 2.17 bits per heavy atom. The Balaban J connectivity index is 1.41. The molecule has 0 aliphatic heterocycles. The van der Waals surface area contributed by atoms with Crippen LogP contribution < -0.4 is 0 Å². The maximum atomic E-state index is 15.1. The van der Waals surface area contributed by atoms with Gasteiger partial charge in [-0.15, -0.1) is 0 Å². The van der Waals surface area contributed by atoms with Crippen LogP contribution in [0.4, 0.5) is 17.6 Å². The SMILES string of the molecule is CCCC1CCC(c2ccc(-c3ccc(CCC4=CC[C@H](CC)C(F)=C4F)cc3)c(F)c2F)CC1. The van der Waals surface area contributed by atoms with E-state index >= 15 is 8.78 Å². The third kappa shape index (κ3) is 5.73. The highest BCUT2D eigenvalue weighted by Gasteiger charge is 2.26. The van der Waals surface area contributed by atoms with Crippen molar-refractivity contribution >= 4 is 0 Å². The number of hydrogen-bond acceptors (Lipinski definition) is 0. The van der Waals surface area contributed by atoms with E-state index in [2.05, 4.69) is 6.92 Å². The number of allylic oxidation sites excluding steroid dienone is 4. The Labute approximate surface area is 207 Å². The second-order valence-electron chi connectivity index (χ2n) is 10.3. The predicted molar refractivity (Wildman–Crippen MR) is 135 cm³/mol. The van der Waals surface area contributed by atoms with E-state index in [9.17, 15) is 8.78 Å². The molecule has 188 valence electrons. The fourth-order valence-corrected chi connectivity index (χ4v) is 5.77. The van der Waals surface area contributed by atoms with Gasteiger partial charge >= 0.3 is 0 Å². The van der Waals surface area contributed by atoms with Gasteiger partial charge in [-0.25, -0.2) is 17.6 Å². The van der Waals surface area contributed by atoms with E-state index in [1.165, 1.54) is 12.8 Å². The van der Waals surface area contributed by atoms with Crippen molar-refractivity contribution in [3.8, 4) is 11.1 Å². The molecule has 4 heteroatoms. The molecule has 1 saturated carbocycles. The number of benzene rings is 2. The molecule has 2 aromatic rings. The average Bonchev–Trinajstić information content (AvgIpc) is 2.88. The molecule has 0 nitrogen and oxygen atoms in total. The third-order valence-electron chi connectivity index (χ3n) is 8.04. The van der Waals surface area contributed by atoms with Crippen molar-refractivity contribution in [1.82, 2.24) is 0 Å². The zero-order chi connectivity index (χ0) is 24.9. The summed E-state index contributed by atoms with van der Waals surface area (Å²) in [6, 6.07) is 10.7. The molecule has 4 rings (SSSR count). The summed E-state index contributed by atoms with van der Waals surface area (Å²) in [7, 11) is 0. The van der Waals surface area contributed by atoms with Gasteiger partial charge in [0.25, 0.3) is 0 Å². The molecule has 0 amide bonds. The van der Waals surface area contributed by atoms with Crippen LogP contribution in [-0.4, -0.2) is 0 Å². The van der Waals surface area contributed by atoms with Crippen LogP contribution in [0.15, 0.2) is 59.7 Å². The smallest absolute Gasteiger partial charge is 0.166 e. The summed E-state index contributed by atoms with van der Waals surface area (Å²) in [6.45, 7) is 4.05. The zero-order valence-corrected chi connectivity index (χ0v) is 20.9. The van der Waals surface area contributed by atoms with Gasteiger partial charge in [0.1, 0.15) is 5.83 Å². The Kier molecular flexibility index (Phi) is 8.51. The van der Waals surface area contributed by atoms with Gasteiger partial charge in [0.15, 0.2) is 17.5 Å². The van der Waals surface area contributed by atoms with E-state index in [4.69, 9.17) is 0 Å². The molecule has 0 radical (unpaired) electrons. The van der Waals surface area contributed by atoms with E-state index < -0.39 is 23.3 Å². The first-order valence-corrected chi connectivity index (χ1v) is 13.2. The first-order chi connectivity index (χ1) is 16.9. The molecule has 0 bridgehead atoms. The summed E-state index contributed by atoms with van der Waals surface area (Å²) in [6.07, 6.45) is 10.3. The maximum absolute atomic E-state index is 15.1. The van der Waals surface area contributed by atoms with Crippen molar-refractivity contribution in [2.45, 2.75) is 84.0 Å². The van der Waals surface area contributed by atoms with Crippen molar-refractivity contribution in [2.24, 2.45) is 11.8 Å². The van der Waals surface area contributed by atoms with E-state index in [1.54, 1.807) is 30.3 Å². The third-order valence-corrected chi connectivity index (χ3v) is 8.04. The number of aryl methyl sites for hydroxylation is 1. The molecule has 0 spiro atoms. The summed E-state index contributed by atoms with van der Waals surface area (Å²) in [5.41, 5.74) is 2.74. The van der Waals surface area contributed by atoms with Crippen LogP contribution in [0, 0.1) is 23.5 Å². The molecule has 2 aliphatic rings. The lowest BCUT2D eigenvalue weighted by molar-refractivity contribution is 0.303. The Morgan fingerprint density at radius 1 is 0.800 bits per heavy atom. The molecule has 0 N–H and O–H groups in total. The lowest BCUT2D eigenvalue weighted by Gasteiger charge is -2.29. The summed E-state index contributed by atoms with van der Waals surface area (Å²) < 4.78 is 58.6. The van der Waals surface area contributed by atoms with Crippen LogP contribution >= 0.6 is 0 Å². The molecule has 1 fully saturated rings. The van der Waals surface area contributed by atoms with Gasteiger partial charge in [-0.2, -0.15) is 0 Å². The number of halogens is 4. The average molecular weight is 485 g/mol. The van der Waals surface area contributed by atoms with Crippen molar-refractivity contribution in [3.63, 3.8) is 0 Å². The minimum atomic E-state index is -0.786. The summed E-state index contributed by atoms with van der Waals surface area (Å²) in [5, 5.41) is 0. The lowest BCUT2D eigenvalue weighted by Crippen LogP contribution is -2.14. The highest BCUT2D eigenvalue weighted by molar-refractivity contribution is 5.65. The largest absolute Gasteiger partial charge is 0.208 e. The lowest BCUT2D eigenvalue weighted by atomic mass is 9.77. The summed E-state index contributed by atoms with van der Waals surface area (Å²) >= 11 is 0. The monoisotopic (exact) mass is 484 g/mol. The molecular formula is C31H36F4. The van der Waals surface area contributed by atoms with Gasteiger partial charge < -0.3 is 0 Å². The second kappa shape index (κ2) is 11.6.